The van der Waals surface area contributed by atoms with E-state index in [-0.39, 0.29) is 11.3 Å². The zero-order valence-corrected chi connectivity index (χ0v) is 25.5. The quantitative estimate of drug-likeness (QED) is 0.185. The van der Waals surface area contributed by atoms with Gasteiger partial charge in [-0.2, -0.15) is 0 Å². The van der Waals surface area contributed by atoms with E-state index in [9.17, 15) is 14.7 Å². The highest BCUT2D eigenvalue weighted by Gasteiger charge is 2.46. The van der Waals surface area contributed by atoms with Crippen molar-refractivity contribution in [3.05, 3.63) is 65.1 Å². The number of ether oxygens (including phenoxy) is 3. The summed E-state index contributed by atoms with van der Waals surface area (Å²) in [4.78, 5) is 35.8. The van der Waals surface area contributed by atoms with Gasteiger partial charge >= 0.3 is 0 Å². The number of amides is 1. The predicted octanol–water partition coefficient (Wildman–Crippen LogP) is 4.61. The normalized spacial score (nSPS) is 19.1. The molecule has 2 saturated heterocycles. The van der Waals surface area contributed by atoms with Gasteiger partial charge in [0.25, 0.3) is 11.7 Å². The number of likely N-dealkylation sites (tertiary alicyclic amines) is 1. The zero-order valence-electron chi connectivity index (χ0n) is 25.5. The fourth-order valence-corrected chi connectivity index (χ4v) is 5.76. The number of aliphatic hydroxyl groups is 1. The van der Waals surface area contributed by atoms with Crippen LogP contribution >= 0.6 is 0 Å². The lowest BCUT2D eigenvalue weighted by molar-refractivity contribution is -0.140. The summed E-state index contributed by atoms with van der Waals surface area (Å²) in [5, 5.41) is 11.8. The number of carbonyl (C=O) groups excluding carboxylic acids is 2. The van der Waals surface area contributed by atoms with E-state index in [1.165, 1.54) is 0 Å². The van der Waals surface area contributed by atoms with E-state index in [1.807, 2.05) is 43.3 Å². The average molecular weight is 591 g/mol. The number of ketones is 1. The van der Waals surface area contributed by atoms with Gasteiger partial charge in [-0.05, 0) is 62.4 Å². The molecule has 1 atom stereocenters. The number of Topliss-reactive ketones (excluding diaryl/α,β-unsaturated/α-hetero) is 1. The van der Waals surface area contributed by atoms with Crippen molar-refractivity contribution in [3.63, 3.8) is 0 Å². The fourth-order valence-electron chi connectivity index (χ4n) is 5.76. The third-order valence-corrected chi connectivity index (χ3v) is 7.98. The minimum Gasteiger partial charge on any atom is -0.505 e. The van der Waals surface area contributed by atoms with Gasteiger partial charge < -0.3 is 24.2 Å². The van der Waals surface area contributed by atoms with Crippen LogP contribution in [-0.4, -0.2) is 88.6 Å². The van der Waals surface area contributed by atoms with Crippen molar-refractivity contribution >= 4 is 23.1 Å². The molecule has 2 aromatic heterocycles. The third kappa shape index (κ3) is 6.55. The predicted molar refractivity (Wildman–Crippen MR) is 163 cm³/mol. The van der Waals surface area contributed by atoms with Crippen LogP contribution in [0.15, 0.2) is 48.2 Å². The van der Waals surface area contributed by atoms with Gasteiger partial charge in [-0.15, -0.1) is 0 Å². The molecule has 230 valence electrons. The minimum atomic E-state index is -0.803. The Kier molecular flexibility index (Phi) is 9.67. The molecular weight excluding hydrogens is 548 g/mol. The molecule has 5 rings (SSSR count). The van der Waals surface area contributed by atoms with Crippen LogP contribution in [0.1, 0.15) is 56.6 Å². The Labute approximate surface area is 252 Å². The maximum atomic E-state index is 13.7. The second-order valence-corrected chi connectivity index (χ2v) is 11.4. The summed E-state index contributed by atoms with van der Waals surface area (Å²) in [6.07, 6.45) is 3.36. The SMILES string of the molecule is CCOc1cc(C2C(=C(O)c3c(C)nc4ccccn34)C(=O)C(=O)N2CCCN2CCOCC2)ccc1OCCC(C)C. The van der Waals surface area contributed by atoms with Gasteiger partial charge in [0.1, 0.15) is 11.3 Å². The number of benzene rings is 1. The lowest BCUT2D eigenvalue weighted by Crippen LogP contribution is -2.39. The first-order valence-corrected chi connectivity index (χ1v) is 15.2. The minimum absolute atomic E-state index is 0.0426. The van der Waals surface area contributed by atoms with Crippen molar-refractivity contribution in [2.45, 2.75) is 46.6 Å². The number of pyridine rings is 1. The first-order chi connectivity index (χ1) is 20.8. The Balaban J connectivity index is 1.55. The highest BCUT2D eigenvalue weighted by atomic mass is 16.5. The fraction of sp³-hybridized carbons (Fsp3) is 0.485. The summed E-state index contributed by atoms with van der Waals surface area (Å²) < 4.78 is 19.2. The van der Waals surface area contributed by atoms with E-state index >= 15 is 0 Å². The molecule has 1 unspecified atom stereocenters. The standard InChI is InChI=1S/C33H42N4O6/c1-5-42-26-21-24(10-11-25(26)43-18-12-22(2)3)30-28(31(38)29-23(4)34-27-9-6-7-14-36(27)29)32(39)33(40)37(30)15-8-13-35-16-19-41-20-17-35/h6-7,9-11,14,21-22,30,38H,5,8,12-13,15-20H2,1-4H3. The summed E-state index contributed by atoms with van der Waals surface area (Å²) in [5.41, 5.74) is 2.30. The van der Waals surface area contributed by atoms with E-state index < -0.39 is 17.7 Å². The number of hydrogen-bond donors (Lipinski definition) is 1. The van der Waals surface area contributed by atoms with Gasteiger partial charge in [0, 0.05) is 32.4 Å². The van der Waals surface area contributed by atoms with Crippen LogP contribution in [0.25, 0.3) is 11.4 Å². The molecule has 0 radical (unpaired) electrons. The highest BCUT2D eigenvalue weighted by molar-refractivity contribution is 6.46. The van der Waals surface area contributed by atoms with Gasteiger partial charge in [0.05, 0.1) is 43.7 Å². The molecular formula is C33H42N4O6. The third-order valence-electron chi connectivity index (χ3n) is 7.98. The number of fused-ring (bicyclic) bond motifs is 1. The first kappa shape index (κ1) is 30.6. The molecule has 0 saturated carbocycles. The molecule has 0 aliphatic carbocycles. The van der Waals surface area contributed by atoms with Crippen molar-refractivity contribution < 1.29 is 28.9 Å². The van der Waals surface area contributed by atoms with Crippen molar-refractivity contribution in [2.75, 3.05) is 52.6 Å². The molecule has 10 nitrogen and oxygen atoms in total. The molecule has 3 aromatic rings. The molecule has 10 heteroatoms. The molecule has 43 heavy (non-hydrogen) atoms. The zero-order chi connectivity index (χ0) is 30.5. The van der Waals surface area contributed by atoms with Gasteiger partial charge in [-0.25, -0.2) is 4.98 Å². The Morgan fingerprint density at radius 3 is 2.63 bits per heavy atom. The maximum Gasteiger partial charge on any atom is 0.295 e. The van der Waals surface area contributed by atoms with Gasteiger partial charge in [-0.1, -0.05) is 26.0 Å². The summed E-state index contributed by atoms with van der Waals surface area (Å²) in [5.74, 6) is 0.0481. The van der Waals surface area contributed by atoms with E-state index in [1.54, 1.807) is 22.4 Å². The molecule has 2 aliphatic rings. The average Bonchev–Trinajstić information content (AvgIpc) is 3.46. The number of imidazole rings is 1. The highest BCUT2D eigenvalue weighted by Crippen LogP contribution is 2.42. The number of nitrogens with zero attached hydrogens (tertiary/aromatic N) is 4. The second-order valence-electron chi connectivity index (χ2n) is 11.4. The molecule has 2 fully saturated rings. The number of carbonyl (C=O) groups is 2. The van der Waals surface area contributed by atoms with Crippen LogP contribution in [0.4, 0.5) is 0 Å². The van der Waals surface area contributed by atoms with E-state index in [4.69, 9.17) is 14.2 Å². The number of aliphatic hydroxyl groups excluding tert-OH is 1. The Morgan fingerprint density at radius 1 is 1.09 bits per heavy atom. The molecule has 0 bridgehead atoms. The van der Waals surface area contributed by atoms with Crippen LogP contribution in [0.5, 0.6) is 11.5 Å². The number of aromatic nitrogens is 2. The number of morpholine rings is 1. The van der Waals surface area contributed by atoms with Crippen LogP contribution in [-0.2, 0) is 14.3 Å². The Bertz CT molecular complexity index is 1490. The Morgan fingerprint density at radius 2 is 1.88 bits per heavy atom. The van der Waals surface area contributed by atoms with Crippen molar-refractivity contribution in [3.8, 4) is 11.5 Å². The Hall–Kier alpha value is -3.89. The van der Waals surface area contributed by atoms with Gasteiger partial charge in [0.2, 0.25) is 0 Å². The van der Waals surface area contributed by atoms with E-state index in [0.29, 0.717) is 79.4 Å². The summed E-state index contributed by atoms with van der Waals surface area (Å²) in [7, 11) is 0. The van der Waals surface area contributed by atoms with Gasteiger partial charge in [-0.3, -0.25) is 18.9 Å². The van der Waals surface area contributed by atoms with Crippen LogP contribution in [0, 0.1) is 12.8 Å². The molecule has 2 aliphatic heterocycles. The lowest BCUT2D eigenvalue weighted by atomic mass is 9.95. The molecule has 1 amide bonds. The second kappa shape index (κ2) is 13.6. The molecule has 1 aromatic carbocycles. The summed E-state index contributed by atoms with van der Waals surface area (Å²) in [6, 6.07) is 10.2. The number of hydrogen-bond acceptors (Lipinski definition) is 8. The molecule has 0 spiro atoms. The molecule has 4 heterocycles. The number of aryl methyl sites for hydroxylation is 1. The van der Waals surface area contributed by atoms with Crippen molar-refractivity contribution in [2.24, 2.45) is 5.92 Å². The maximum absolute atomic E-state index is 13.7. The topological polar surface area (TPSA) is 106 Å². The largest absolute Gasteiger partial charge is 0.505 e. The summed E-state index contributed by atoms with van der Waals surface area (Å²) >= 11 is 0. The van der Waals surface area contributed by atoms with E-state index in [0.717, 1.165) is 26.1 Å². The number of rotatable bonds is 12. The lowest BCUT2D eigenvalue weighted by Gasteiger charge is -2.29. The molecule has 1 N–H and O–H groups in total. The van der Waals surface area contributed by atoms with Crippen LogP contribution < -0.4 is 9.47 Å². The van der Waals surface area contributed by atoms with Gasteiger partial charge in [0.15, 0.2) is 17.3 Å². The smallest absolute Gasteiger partial charge is 0.295 e. The summed E-state index contributed by atoms with van der Waals surface area (Å²) in [6.45, 7) is 13.1. The first-order valence-electron chi connectivity index (χ1n) is 15.2. The monoisotopic (exact) mass is 590 g/mol. The van der Waals surface area contributed by atoms with E-state index in [2.05, 4.69) is 23.7 Å². The van der Waals surface area contributed by atoms with Crippen molar-refractivity contribution in [1.82, 2.24) is 19.2 Å². The van der Waals surface area contributed by atoms with Crippen LogP contribution in [0.2, 0.25) is 0 Å². The van der Waals surface area contributed by atoms with Crippen LogP contribution in [0.3, 0.4) is 0 Å². The van der Waals surface area contributed by atoms with Crippen molar-refractivity contribution in [1.29, 1.82) is 0 Å².